The number of rotatable bonds is 6. The number of nitrogens with two attached hydrogens (primary N) is 1. The van der Waals surface area contributed by atoms with Gasteiger partial charge in [-0.25, -0.2) is 9.18 Å². The molecule has 1 aliphatic carbocycles. The maximum Gasteiger partial charge on any atom is 0.410 e. The van der Waals surface area contributed by atoms with Crippen LogP contribution in [0.15, 0.2) is 0 Å². The van der Waals surface area contributed by atoms with E-state index in [1.807, 2.05) is 20.8 Å². The minimum atomic E-state index is -0.919. The molecule has 7 heteroatoms. The largest absolute Gasteiger partial charge is 0.446 e. The Morgan fingerprint density at radius 3 is 2.31 bits per heavy atom. The Kier molecular flexibility index (Phi) is 7.68. The van der Waals surface area contributed by atoms with E-state index >= 15 is 0 Å². The Balaban J connectivity index is 1.79. The Morgan fingerprint density at radius 2 is 1.81 bits per heavy atom. The van der Waals surface area contributed by atoms with Crippen molar-refractivity contribution in [3.8, 4) is 0 Å². The zero-order valence-corrected chi connectivity index (χ0v) is 16.3. The summed E-state index contributed by atoms with van der Waals surface area (Å²) in [5.41, 5.74) is 6.20. The van der Waals surface area contributed by atoms with Crippen molar-refractivity contribution in [1.82, 2.24) is 9.80 Å². The quantitative estimate of drug-likeness (QED) is 0.778. The van der Waals surface area contributed by atoms with Crippen LogP contribution < -0.4 is 5.73 Å². The van der Waals surface area contributed by atoms with Crippen molar-refractivity contribution in [2.75, 3.05) is 26.2 Å². The summed E-state index contributed by atoms with van der Waals surface area (Å²) in [4.78, 5) is 27.8. The van der Waals surface area contributed by atoms with Gasteiger partial charge in [0.2, 0.25) is 5.91 Å². The molecule has 2 fully saturated rings. The second-order valence-corrected chi connectivity index (χ2v) is 7.65. The molecule has 1 saturated carbocycles. The summed E-state index contributed by atoms with van der Waals surface area (Å²) in [5, 5.41) is 0. The van der Waals surface area contributed by atoms with Gasteiger partial charge in [0.05, 0.1) is 12.6 Å². The number of halogens is 1. The van der Waals surface area contributed by atoms with Gasteiger partial charge in [-0.2, -0.15) is 0 Å². The first kappa shape index (κ1) is 20.9. The minimum Gasteiger partial charge on any atom is -0.446 e. The fourth-order valence-corrected chi connectivity index (χ4v) is 4.08. The Morgan fingerprint density at radius 1 is 1.19 bits per heavy atom. The summed E-state index contributed by atoms with van der Waals surface area (Å²) in [6.07, 6.45) is 2.59. The molecule has 2 amide bonds. The normalized spacial score (nSPS) is 28.5. The monoisotopic (exact) mass is 371 g/mol. The van der Waals surface area contributed by atoms with Crippen molar-refractivity contribution >= 4 is 12.0 Å². The smallest absolute Gasteiger partial charge is 0.410 e. The van der Waals surface area contributed by atoms with E-state index < -0.39 is 12.2 Å². The Bertz CT molecular complexity index is 479. The molecule has 1 saturated heterocycles. The van der Waals surface area contributed by atoms with Gasteiger partial charge in [0.25, 0.3) is 0 Å². The van der Waals surface area contributed by atoms with E-state index in [4.69, 9.17) is 10.5 Å². The van der Waals surface area contributed by atoms with Crippen LogP contribution in [0.5, 0.6) is 0 Å². The van der Waals surface area contributed by atoms with E-state index in [1.165, 1.54) is 0 Å². The number of ether oxygens (including phenoxy) is 1. The molecule has 1 aliphatic heterocycles. The van der Waals surface area contributed by atoms with E-state index in [-0.39, 0.29) is 30.6 Å². The summed E-state index contributed by atoms with van der Waals surface area (Å²) < 4.78 is 18.9. The van der Waals surface area contributed by atoms with Crippen LogP contribution in [0.2, 0.25) is 0 Å². The van der Waals surface area contributed by atoms with E-state index in [9.17, 15) is 14.0 Å². The molecular formula is C19H34FN3O3. The highest BCUT2D eigenvalue weighted by molar-refractivity contribution is 5.82. The molecule has 0 aromatic heterocycles. The van der Waals surface area contributed by atoms with Gasteiger partial charge >= 0.3 is 6.09 Å². The lowest BCUT2D eigenvalue weighted by Crippen LogP contribution is -2.48. The average Bonchev–Trinajstić information content (AvgIpc) is 3.08. The predicted octanol–water partition coefficient (Wildman–Crippen LogP) is 2.56. The Hall–Kier alpha value is -1.37. The highest BCUT2D eigenvalue weighted by Gasteiger charge is 2.36. The van der Waals surface area contributed by atoms with E-state index in [2.05, 4.69) is 0 Å². The first-order chi connectivity index (χ1) is 12.4. The second kappa shape index (κ2) is 9.53. The van der Waals surface area contributed by atoms with Crippen LogP contribution in [0, 0.1) is 11.8 Å². The van der Waals surface area contributed by atoms with Gasteiger partial charge in [0.15, 0.2) is 0 Å². The van der Waals surface area contributed by atoms with Gasteiger partial charge in [-0.15, -0.1) is 0 Å². The summed E-state index contributed by atoms with van der Waals surface area (Å²) in [6, 6.07) is -0.583. The van der Waals surface area contributed by atoms with Crippen molar-refractivity contribution in [2.45, 2.75) is 71.2 Å². The van der Waals surface area contributed by atoms with Crippen LogP contribution in [-0.2, 0) is 9.53 Å². The third-order valence-electron chi connectivity index (χ3n) is 6.05. The van der Waals surface area contributed by atoms with Gasteiger partial charge in [-0.3, -0.25) is 4.79 Å². The van der Waals surface area contributed by atoms with Gasteiger partial charge in [0, 0.05) is 19.6 Å². The third kappa shape index (κ3) is 5.09. The number of carbonyl (C=O) groups is 2. The number of alkyl halides is 1. The molecule has 3 atom stereocenters. The topological polar surface area (TPSA) is 75.9 Å². The van der Waals surface area contributed by atoms with Crippen LogP contribution in [0.1, 0.15) is 52.9 Å². The number of hydrogen-bond donors (Lipinski definition) is 1. The van der Waals surface area contributed by atoms with Crippen molar-refractivity contribution in [1.29, 1.82) is 0 Å². The first-order valence-electron chi connectivity index (χ1n) is 10.0. The molecule has 2 rings (SSSR count). The average molecular weight is 371 g/mol. The summed E-state index contributed by atoms with van der Waals surface area (Å²) in [6.45, 7) is 7.82. The highest BCUT2D eigenvalue weighted by Crippen LogP contribution is 2.33. The fourth-order valence-electron chi connectivity index (χ4n) is 4.08. The third-order valence-corrected chi connectivity index (χ3v) is 6.05. The molecule has 150 valence electrons. The van der Waals surface area contributed by atoms with Crippen LogP contribution in [0.3, 0.4) is 0 Å². The van der Waals surface area contributed by atoms with Crippen LogP contribution in [0.25, 0.3) is 0 Å². The lowest BCUT2D eigenvalue weighted by atomic mass is 9.76. The van der Waals surface area contributed by atoms with Crippen molar-refractivity contribution in [3.05, 3.63) is 0 Å². The standard InChI is InChI=1S/C19H34FN3O3/c1-4-22(5-2)19(25)26-16-8-6-14(7-9-16)13(3)17(21)18(24)23-11-10-15(20)12-23/h13-17H,4-12,21H2,1-3H3/t13-,14?,15-,16?,17?/m0/s1. The molecule has 0 spiro atoms. The maximum atomic E-state index is 13.3. The first-order valence-corrected chi connectivity index (χ1v) is 10.0. The maximum absolute atomic E-state index is 13.3. The van der Waals surface area contributed by atoms with Crippen LogP contribution in [-0.4, -0.2) is 66.3 Å². The van der Waals surface area contributed by atoms with Crippen molar-refractivity contribution in [3.63, 3.8) is 0 Å². The molecule has 0 bridgehead atoms. The zero-order chi connectivity index (χ0) is 19.3. The van der Waals surface area contributed by atoms with Crippen molar-refractivity contribution in [2.24, 2.45) is 17.6 Å². The molecule has 6 nitrogen and oxygen atoms in total. The zero-order valence-electron chi connectivity index (χ0n) is 16.3. The summed E-state index contributed by atoms with van der Waals surface area (Å²) >= 11 is 0. The second-order valence-electron chi connectivity index (χ2n) is 7.65. The number of likely N-dealkylation sites (tertiary alicyclic amines) is 1. The number of carbonyl (C=O) groups excluding carboxylic acids is 2. The molecule has 0 radical (unpaired) electrons. The molecule has 26 heavy (non-hydrogen) atoms. The lowest BCUT2D eigenvalue weighted by molar-refractivity contribution is -0.133. The van der Waals surface area contributed by atoms with Crippen LogP contribution in [0.4, 0.5) is 9.18 Å². The van der Waals surface area contributed by atoms with Crippen molar-refractivity contribution < 1.29 is 18.7 Å². The molecule has 1 unspecified atom stereocenters. The minimum absolute atomic E-state index is 0.0422. The molecule has 2 N–H and O–H groups in total. The number of hydrogen-bond acceptors (Lipinski definition) is 4. The molecule has 1 heterocycles. The molecule has 0 aromatic rings. The number of amides is 2. The Labute approximate surface area is 156 Å². The molecule has 2 aliphatic rings. The summed E-state index contributed by atoms with van der Waals surface area (Å²) in [7, 11) is 0. The van der Waals surface area contributed by atoms with Gasteiger partial charge in [-0.1, -0.05) is 6.92 Å². The fraction of sp³-hybridized carbons (Fsp3) is 0.895. The van der Waals surface area contributed by atoms with E-state index in [0.717, 1.165) is 25.7 Å². The number of nitrogens with zero attached hydrogens (tertiary/aromatic N) is 2. The van der Waals surface area contributed by atoms with Gasteiger partial charge in [-0.05, 0) is 57.8 Å². The van der Waals surface area contributed by atoms with Crippen LogP contribution >= 0.6 is 0 Å². The predicted molar refractivity (Wildman–Crippen MR) is 98.4 cm³/mol. The molecular weight excluding hydrogens is 337 g/mol. The SMILES string of the molecule is CCN(CC)C(=O)OC1CCC([C@H](C)C(N)C(=O)N2CC[C@H](F)C2)CC1. The molecule has 0 aromatic carbocycles. The summed E-state index contributed by atoms with van der Waals surface area (Å²) in [5.74, 6) is 0.245. The highest BCUT2D eigenvalue weighted by atomic mass is 19.1. The lowest BCUT2D eigenvalue weighted by Gasteiger charge is -2.35. The van der Waals surface area contributed by atoms with Gasteiger partial charge < -0.3 is 20.3 Å². The van der Waals surface area contributed by atoms with E-state index in [1.54, 1.807) is 9.80 Å². The van der Waals surface area contributed by atoms with E-state index in [0.29, 0.717) is 32.0 Å². The van der Waals surface area contributed by atoms with Gasteiger partial charge in [0.1, 0.15) is 12.3 Å².